The average molecular weight is 210 g/mol. The van der Waals surface area contributed by atoms with Gasteiger partial charge in [0.2, 0.25) is 0 Å². The van der Waals surface area contributed by atoms with Crippen molar-refractivity contribution in [1.82, 2.24) is 0 Å². The van der Waals surface area contributed by atoms with E-state index in [1.54, 1.807) is 6.07 Å². The summed E-state index contributed by atoms with van der Waals surface area (Å²) in [4.78, 5) is 0. The Bertz CT molecular complexity index is 399. The van der Waals surface area contributed by atoms with Crippen LogP contribution in [0.15, 0.2) is 24.3 Å². The minimum atomic E-state index is -0.792. The van der Waals surface area contributed by atoms with Gasteiger partial charge in [-0.1, -0.05) is 18.2 Å². The van der Waals surface area contributed by atoms with E-state index >= 15 is 0 Å². The van der Waals surface area contributed by atoms with Crippen molar-refractivity contribution in [2.45, 2.75) is 19.4 Å². The van der Waals surface area contributed by atoms with Crippen LogP contribution in [0, 0.1) is 11.6 Å². The van der Waals surface area contributed by atoms with Crippen molar-refractivity contribution in [2.75, 3.05) is 6.61 Å². The van der Waals surface area contributed by atoms with Crippen molar-refractivity contribution in [3.05, 3.63) is 47.0 Å². The van der Waals surface area contributed by atoms with E-state index in [0.717, 1.165) is 11.6 Å². The van der Waals surface area contributed by atoms with Crippen LogP contribution in [-0.2, 0) is 11.2 Å². The third kappa shape index (κ3) is 1.79. The Hall–Kier alpha value is -1.22. The fourth-order valence-corrected chi connectivity index (χ4v) is 1.82. The smallest absolute Gasteiger partial charge is 0.162 e. The van der Waals surface area contributed by atoms with Gasteiger partial charge in [0.1, 0.15) is 6.10 Å². The number of allylic oxidation sites excluding steroid dienone is 1. The Morgan fingerprint density at radius 3 is 2.93 bits per heavy atom. The van der Waals surface area contributed by atoms with E-state index in [-0.39, 0.29) is 6.10 Å². The number of hydrogen-bond donors (Lipinski definition) is 0. The van der Waals surface area contributed by atoms with Gasteiger partial charge in [0.05, 0.1) is 0 Å². The Balaban J connectivity index is 2.44. The zero-order valence-corrected chi connectivity index (χ0v) is 8.47. The van der Waals surface area contributed by atoms with Gasteiger partial charge in [0.25, 0.3) is 0 Å². The third-order valence-electron chi connectivity index (χ3n) is 2.52. The van der Waals surface area contributed by atoms with Gasteiger partial charge < -0.3 is 4.74 Å². The molecule has 0 saturated heterocycles. The molecule has 0 bridgehead atoms. The summed E-state index contributed by atoms with van der Waals surface area (Å²) < 4.78 is 31.8. The summed E-state index contributed by atoms with van der Waals surface area (Å²) in [6, 6.07) is 2.75. The number of halogens is 2. The van der Waals surface area contributed by atoms with Crippen LogP contribution >= 0.6 is 0 Å². The van der Waals surface area contributed by atoms with Gasteiger partial charge >= 0.3 is 0 Å². The first-order valence-electron chi connectivity index (χ1n) is 4.99. The van der Waals surface area contributed by atoms with E-state index in [4.69, 9.17) is 4.74 Å². The van der Waals surface area contributed by atoms with Crippen LogP contribution in [0.25, 0.3) is 0 Å². The summed E-state index contributed by atoms with van der Waals surface area (Å²) in [5, 5.41) is 0. The van der Waals surface area contributed by atoms with Gasteiger partial charge in [0.15, 0.2) is 11.6 Å². The molecule has 0 fully saturated rings. The molecule has 80 valence electrons. The SMILES string of the molecule is CCOC1C=CCc2c1ccc(F)c2F. The molecular weight excluding hydrogens is 198 g/mol. The highest BCUT2D eigenvalue weighted by atomic mass is 19.2. The topological polar surface area (TPSA) is 9.23 Å². The van der Waals surface area contributed by atoms with Gasteiger partial charge in [-0.25, -0.2) is 8.78 Å². The molecule has 0 spiro atoms. The van der Waals surface area contributed by atoms with Gasteiger partial charge in [0, 0.05) is 12.2 Å². The number of hydrogen-bond acceptors (Lipinski definition) is 1. The van der Waals surface area contributed by atoms with Gasteiger partial charge in [-0.3, -0.25) is 0 Å². The molecule has 0 N–H and O–H groups in total. The van der Waals surface area contributed by atoms with Crippen LogP contribution in [0.1, 0.15) is 24.2 Å². The fourth-order valence-electron chi connectivity index (χ4n) is 1.82. The number of fused-ring (bicyclic) bond motifs is 1. The maximum absolute atomic E-state index is 13.4. The van der Waals surface area contributed by atoms with Crippen molar-refractivity contribution in [3.63, 3.8) is 0 Å². The first-order valence-corrected chi connectivity index (χ1v) is 4.99. The van der Waals surface area contributed by atoms with E-state index in [1.807, 2.05) is 19.1 Å². The molecular formula is C12H12F2O. The Morgan fingerprint density at radius 2 is 2.20 bits per heavy atom. The molecule has 0 heterocycles. The Labute approximate surface area is 87.4 Å². The van der Waals surface area contributed by atoms with Crippen molar-refractivity contribution in [2.24, 2.45) is 0 Å². The molecule has 1 unspecified atom stereocenters. The largest absolute Gasteiger partial charge is 0.370 e. The lowest BCUT2D eigenvalue weighted by atomic mass is 9.94. The third-order valence-corrected chi connectivity index (χ3v) is 2.52. The Kier molecular flexibility index (Phi) is 2.82. The molecule has 0 amide bonds. The molecule has 1 atom stereocenters. The summed E-state index contributed by atoms with van der Waals surface area (Å²) >= 11 is 0. The summed E-state index contributed by atoms with van der Waals surface area (Å²) in [7, 11) is 0. The summed E-state index contributed by atoms with van der Waals surface area (Å²) in [5.74, 6) is -1.54. The highest BCUT2D eigenvalue weighted by Gasteiger charge is 2.21. The monoisotopic (exact) mass is 210 g/mol. The van der Waals surface area contributed by atoms with E-state index in [0.29, 0.717) is 18.6 Å². The second kappa shape index (κ2) is 4.11. The second-order valence-electron chi connectivity index (χ2n) is 3.44. The first kappa shape index (κ1) is 10.3. The fraction of sp³-hybridized carbons (Fsp3) is 0.333. The van der Waals surface area contributed by atoms with Crippen LogP contribution < -0.4 is 0 Å². The zero-order chi connectivity index (χ0) is 10.8. The predicted molar refractivity (Wildman–Crippen MR) is 53.6 cm³/mol. The zero-order valence-electron chi connectivity index (χ0n) is 8.47. The van der Waals surface area contributed by atoms with Gasteiger partial charge in [-0.2, -0.15) is 0 Å². The van der Waals surface area contributed by atoms with Gasteiger partial charge in [-0.15, -0.1) is 0 Å². The van der Waals surface area contributed by atoms with E-state index in [9.17, 15) is 8.78 Å². The summed E-state index contributed by atoms with van der Waals surface area (Å²) in [5.41, 5.74) is 1.15. The molecule has 1 aliphatic carbocycles. The van der Waals surface area contributed by atoms with Crippen molar-refractivity contribution < 1.29 is 13.5 Å². The molecule has 0 aliphatic heterocycles. The molecule has 0 aromatic heterocycles. The van der Waals surface area contributed by atoms with Crippen LogP contribution in [0.5, 0.6) is 0 Å². The normalized spacial score (nSPS) is 19.0. The molecule has 0 saturated carbocycles. The standard InChI is InChI=1S/C12H12F2O/c1-2-15-11-5-3-4-9-8(11)6-7-10(13)12(9)14/h3,5-7,11H,2,4H2,1H3. The maximum atomic E-state index is 13.4. The molecule has 1 aromatic carbocycles. The minimum Gasteiger partial charge on any atom is -0.370 e. The van der Waals surface area contributed by atoms with Crippen LogP contribution in [0.3, 0.4) is 0 Å². The van der Waals surface area contributed by atoms with Gasteiger partial charge in [-0.05, 0) is 25.0 Å². The highest BCUT2D eigenvalue weighted by Crippen LogP contribution is 2.30. The molecule has 15 heavy (non-hydrogen) atoms. The van der Waals surface area contributed by atoms with E-state index in [2.05, 4.69) is 0 Å². The maximum Gasteiger partial charge on any atom is 0.162 e. The van der Waals surface area contributed by atoms with Crippen molar-refractivity contribution in [1.29, 1.82) is 0 Å². The molecule has 1 nitrogen and oxygen atoms in total. The Morgan fingerprint density at radius 1 is 1.40 bits per heavy atom. The van der Waals surface area contributed by atoms with Crippen LogP contribution in [0.2, 0.25) is 0 Å². The summed E-state index contributed by atoms with van der Waals surface area (Å²) in [6.07, 6.45) is 3.88. The molecule has 1 aliphatic rings. The lowest BCUT2D eigenvalue weighted by molar-refractivity contribution is 0.0945. The molecule has 0 radical (unpaired) electrons. The lowest BCUT2D eigenvalue weighted by Crippen LogP contribution is -2.11. The van der Waals surface area contributed by atoms with Crippen molar-refractivity contribution >= 4 is 0 Å². The van der Waals surface area contributed by atoms with Crippen LogP contribution in [0.4, 0.5) is 8.78 Å². The quantitative estimate of drug-likeness (QED) is 0.681. The number of rotatable bonds is 2. The first-order chi connectivity index (χ1) is 7.24. The van der Waals surface area contributed by atoms with E-state index < -0.39 is 11.6 Å². The lowest BCUT2D eigenvalue weighted by Gasteiger charge is -2.21. The molecule has 1 aromatic rings. The van der Waals surface area contributed by atoms with Crippen molar-refractivity contribution in [3.8, 4) is 0 Å². The second-order valence-corrected chi connectivity index (χ2v) is 3.44. The van der Waals surface area contributed by atoms with Crippen LogP contribution in [-0.4, -0.2) is 6.61 Å². The molecule has 2 rings (SSSR count). The number of benzene rings is 1. The number of ether oxygens (including phenoxy) is 1. The summed E-state index contributed by atoms with van der Waals surface area (Å²) in [6.45, 7) is 2.43. The predicted octanol–water partition coefficient (Wildman–Crippen LogP) is 3.15. The average Bonchev–Trinajstić information content (AvgIpc) is 2.25. The highest BCUT2D eigenvalue weighted by molar-refractivity contribution is 5.38. The molecule has 3 heteroatoms. The minimum absolute atomic E-state index is 0.242. The van der Waals surface area contributed by atoms with E-state index in [1.165, 1.54) is 0 Å².